The van der Waals surface area contributed by atoms with Crippen molar-refractivity contribution in [2.45, 2.75) is 44.8 Å². The number of phenolic OH excluding ortho intramolecular Hbond substituents is 1. The van der Waals surface area contributed by atoms with Gasteiger partial charge in [0.05, 0.1) is 0 Å². The van der Waals surface area contributed by atoms with Gasteiger partial charge in [0.2, 0.25) is 5.91 Å². The van der Waals surface area contributed by atoms with Gasteiger partial charge in [-0.1, -0.05) is 25.0 Å². The molecule has 6 heteroatoms. The molecule has 0 spiro atoms. The fraction of sp³-hybridized carbons (Fsp3) is 0.381. The first-order valence-electron chi connectivity index (χ1n) is 9.18. The smallest absolute Gasteiger partial charge is 0.224 e. The van der Waals surface area contributed by atoms with E-state index in [2.05, 4.69) is 10.6 Å². The maximum absolute atomic E-state index is 12.7. The molecular formula is C21H26F2N2O2. The standard InChI is InChI=1S/C21H26F2N2O2/c22-14-17(23)4-2-1-3-5-21(27)25-19-10-8-18(9-11-19)24-15-16-6-12-20(26)13-7-16/h6-13,17,24,26H,1-5,14-15H2,(H,25,27)/t17-/m0/s1. The van der Waals surface area contributed by atoms with Gasteiger partial charge >= 0.3 is 0 Å². The van der Waals surface area contributed by atoms with Gasteiger partial charge < -0.3 is 15.7 Å². The van der Waals surface area contributed by atoms with Crippen LogP contribution in [-0.2, 0) is 11.3 Å². The molecule has 0 aliphatic heterocycles. The second-order valence-electron chi connectivity index (χ2n) is 6.50. The lowest BCUT2D eigenvalue weighted by Gasteiger charge is -2.09. The van der Waals surface area contributed by atoms with Gasteiger partial charge in [-0.05, 0) is 54.8 Å². The summed E-state index contributed by atoms with van der Waals surface area (Å²) in [6.45, 7) is -0.297. The van der Waals surface area contributed by atoms with Crippen LogP contribution in [0.3, 0.4) is 0 Å². The summed E-state index contributed by atoms with van der Waals surface area (Å²) in [5.74, 6) is 0.160. The summed E-state index contributed by atoms with van der Waals surface area (Å²) in [6.07, 6.45) is 1.19. The van der Waals surface area contributed by atoms with Crippen molar-refractivity contribution in [1.29, 1.82) is 0 Å². The Morgan fingerprint density at radius 3 is 2.30 bits per heavy atom. The molecule has 0 unspecified atom stereocenters. The summed E-state index contributed by atoms with van der Waals surface area (Å²) in [7, 11) is 0. The number of alkyl halides is 2. The molecule has 3 N–H and O–H groups in total. The molecule has 2 aromatic rings. The highest BCUT2D eigenvalue weighted by molar-refractivity contribution is 5.90. The molecular weight excluding hydrogens is 350 g/mol. The van der Waals surface area contributed by atoms with Crippen molar-refractivity contribution in [3.05, 3.63) is 54.1 Å². The van der Waals surface area contributed by atoms with Crippen LogP contribution >= 0.6 is 0 Å². The number of hydrogen-bond donors (Lipinski definition) is 3. The Balaban J connectivity index is 1.67. The van der Waals surface area contributed by atoms with E-state index in [-0.39, 0.29) is 18.1 Å². The van der Waals surface area contributed by atoms with Crippen LogP contribution in [0.15, 0.2) is 48.5 Å². The monoisotopic (exact) mass is 376 g/mol. The van der Waals surface area contributed by atoms with Crippen molar-refractivity contribution < 1.29 is 18.7 Å². The first-order chi connectivity index (χ1) is 13.1. The second kappa shape index (κ2) is 11.2. The van der Waals surface area contributed by atoms with Gasteiger partial charge in [-0.3, -0.25) is 4.79 Å². The first kappa shape index (κ1) is 20.7. The van der Waals surface area contributed by atoms with E-state index in [1.165, 1.54) is 0 Å². The predicted molar refractivity (Wildman–Crippen MR) is 104 cm³/mol. The number of phenols is 1. The highest BCUT2D eigenvalue weighted by Gasteiger charge is 2.06. The molecule has 0 saturated carbocycles. The average Bonchev–Trinajstić information content (AvgIpc) is 2.68. The largest absolute Gasteiger partial charge is 0.508 e. The quantitative estimate of drug-likeness (QED) is 0.472. The first-order valence-corrected chi connectivity index (χ1v) is 9.18. The van der Waals surface area contributed by atoms with Crippen molar-refractivity contribution in [1.82, 2.24) is 0 Å². The number of rotatable bonds is 11. The number of carbonyl (C=O) groups excluding carboxylic acids is 1. The lowest BCUT2D eigenvalue weighted by molar-refractivity contribution is -0.116. The minimum absolute atomic E-state index is 0.0814. The molecule has 0 aliphatic rings. The van der Waals surface area contributed by atoms with Crippen molar-refractivity contribution in [2.24, 2.45) is 0 Å². The van der Waals surface area contributed by atoms with E-state index >= 15 is 0 Å². The van der Waals surface area contributed by atoms with Crippen LogP contribution in [0.4, 0.5) is 20.2 Å². The van der Waals surface area contributed by atoms with E-state index in [0.717, 1.165) is 16.9 Å². The maximum atomic E-state index is 12.7. The molecule has 146 valence electrons. The SMILES string of the molecule is O=C(CCCCC[C@H](F)CF)Nc1ccc(NCc2ccc(O)cc2)cc1. The number of halogens is 2. The summed E-state index contributed by atoms with van der Waals surface area (Å²) in [5.41, 5.74) is 2.70. The van der Waals surface area contributed by atoms with Gasteiger partial charge in [0.25, 0.3) is 0 Å². The number of nitrogens with one attached hydrogen (secondary N) is 2. The van der Waals surface area contributed by atoms with Gasteiger partial charge in [-0.2, -0.15) is 0 Å². The molecule has 0 heterocycles. The van der Waals surface area contributed by atoms with Crippen LogP contribution < -0.4 is 10.6 Å². The molecule has 1 atom stereocenters. The Kier molecular flexibility index (Phi) is 8.55. The zero-order valence-electron chi connectivity index (χ0n) is 15.3. The number of hydrogen-bond acceptors (Lipinski definition) is 3. The molecule has 0 bridgehead atoms. The Hall–Kier alpha value is -2.63. The van der Waals surface area contributed by atoms with Gasteiger partial charge in [0, 0.05) is 24.3 Å². The van der Waals surface area contributed by atoms with Crippen molar-refractivity contribution in [2.75, 3.05) is 17.3 Å². The fourth-order valence-corrected chi connectivity index (χ4v) is 2.62. The maximum Gasteiger partial charge on any atom is 0.224 e. The molecule has 0 aliphatic carbocycles. The lowest BCUT2D eigenvalue weighted by Crippen LogP contribution is -2.11. The number of anilines is 2. The Labute approximate surface area is 158 Å². The molecule has 27 heavy (non-hydrogen) atoms. The van der Waals surface area contributed by atoms with E-state index in [4.69, 9.17) is 0 Å². The van der Waals surface area contributed by atoms with Crippen LogP contribution in [0.25, 0.3) is 0 Å². The van der Waals surface area contributed by atoms with E-state index in [9.17, 15) is 18.7 Å². The van der Waals surface area contributed by atoms with Gasteiger partial charge in [0.1, 0.15) is 18.6 Å². The zero-order valence-corrected chi connectivity index (χ0v) is 15.3. The zero-order chi connectivity index (χ0) is 19.5. The number of amides is 1. The Morgan fingerprint density at radius 2 is 1.63 bits per heavy atom. The summed E-state index contributed by atoms with van der Waals surface area (Å²) in [6, 6.07) is 14.4. The predicted octanol–water partition coefficient (Wildman–Crippen LogP) is 5.20. The molecule has 0 aromatic heterocycles. The van der Waals surface area contributed by atoms with E-state index in [0.29, 0.717) is 32.2 Å². The van der Waals surface area contributed by atoms with Crippen LogP contribution in [0.2, 0.25) is 0 Å². The number of carbonyl (C=O) groups is 1. The molecule has 0 fully saturated rings. The van der Waals surface area contributed by atoms with Crippen LogP contribution in [-0.4, -0.2) is 23.9 Å². The molecule has 0 saturated heterocycles. The highest BCUT2D eigenvalue weighted by Crippen LogP contribution is 2.16. The summed E-state index contributed by atoms with van der Waals surface area (Å²) in [5, 5.41) is 15.4. The minimum atomic E-state index is -1.38. The molecule has 0 radical (unpaired) electrons. The average molecular weight is 376 g/mol. The fourth-order valence-electron chi connectivity index (χ4n) is 2.62. The van der Waals surface area contributed by atoms with Gasteiger partial charge in [-0.25, -0.2) is 8.78 Å². The topological polar surface area (TPSA) is 61.4 Å². The van der Waals surface area contributed by atoms with Crippen LogP contribution in [0, 0.1) is 0 Å². The number of benzene rings is 2. The lowest BCUT2D eigenvalue weighted by atomic mass is 10.1. The van der Waals surface area contributed by atoms with Crippen molar-refractivity contribution in [3.63, 3.8) is 0 Å². The third kappa shape index (κ3) is 8.07. The molecule has 2 aromatic carbocycles. The molecule has 4 nitrogen and oxygen atoms in total. The van der Waals surface area contributed by atoms with Gasteiger partial charge in [0.15, 0.2) is 0 Å². The summed E-state index contributed by atoms with van der Waals surface area (Å²) >= 11 is 0. The van der Waals surface area contributed by atoms with E-state index in [1.54, 1.807) is 12.1 Å². The second-order valence-corrected chi connectivity index (χ2v) is 6.50. The minimum Gasteiger partial charge on any atom is -0.508 e. The van der Waals surface area contributed by atoms with E-state index < -0.39 is 12.8 Å². The summed E-state index contributed by atoms with van der Waals surface area (Å²) < 4.78 is 24.7. The highest BCUT2D eigenvalue weighted by atomic mass is 19.2. The third-order valence-electron chi connectivity index (χ3n) is 4.19. The van der Waals surface area contributed by atoms with Crippen molar-refractivity contribution in [3.8, 4) is 5.75 Å². The number of unbranched alkanes of at least 4 members (excludes halogenated alkanes) is 2. The molecule has 2 rings (SSSR count). The third-order valence-corrected chi connectivity index (χ3v) is 4.19. The molecule has 1 amide bonds. The Bertz CT molecular complexity index is 690. The van der Waals surface area contributed by atoms with Crippen LogP contribution in [0.5, 0.6) is 5.75 Å². The van der Waals surface area contributed by atoms with E-state index in [1.807, 2.05) is 36.4 Å². The normalized spacial score (nSPS) is 11.8. The van der Waals surface area contributed by atoms with Crippen molar-refractivity contribution >= 4 is 17.3 Å². The number of aromatic hydroxyl groups is 1. The Morgan fingerprint density at radius 1 is 0.963 bits per heavy atom. The van der Waals surface area contributed by atoms with Crippen LogP contribution in [0.1, 0.15) is 37.7 Å². The van der Waals surface area contributed by atoms with Gasteiger partial charge in [-0.15, -0.1) is 0 Å². The summed E-state index contributed by atoms with van der Waals surface area (Å²) in [4.78, 5) is 11.9.